The lowest BCUT2D eigenvalue weighted by Gasteiger charge is -2.27. The molecular formula is C19H19F5N4O3S. The van der Waals surface area contributed by atoms with Crippen molar-refractivity contribution in [3.8, 4) is 5.75 Å². The van der Waals surface area contributed by atoms with E-state index in [1.807, 2.05) is 0 Å². The number of alkyl halides is 3. The van der Waals surface area contributed by atoms with Gasteiger partial charge in [-0.05, 0) is 36.2 Å². The molecule has 1 saturated heterocycles. The van der Waals surface area contributed by atoms with Gasteiger partial charge in [-0.15, -0.1) is 0 Å². The Hall–Kier alpha value is -2.64. The fourth-order valence-electron chi connectivity index (χ4n) is 3.36. The Balaban J connectivity index is 1.89. The number of hydrogen-bond donors (Lipinski definition) is 2. The molecule has 0 radical (unpaired) electrons. The molecule has 2 aromatic rings. The molecule has 2 unspecified atom stereocenters. The van der Waals surface area contributed by atoms with Crippen molar-refractivity contribution >= 4 is 29.2 Å². The molecule has 13 heteroatoms. The summed E-state index contributed by atoms with van der Waals surface area (Å²) in [6.07, 6.45) is -4.24. The van der Waals surface area contributed by atoms with Gasteiger partial charge in [0, 0.05) is 24.8 Å². The molecule has 32 heavy (non-hydrogen) atoms. The van der Waals surface area contributed by atoms with Gasteiger partial charge in [-0.3, -0.25) is 9.93 Å². The molecule has 174 valence electrons. The maximum absolute atomic E-state index is 14.2. The molecular weight excluding hydrogens is 459 g/mol. The Morgan fingerprint density at radius 2 is 2.09 bits per heavy atom. The van der Waals surface area contributed by atoms with E-state index in [4.69, 9.17) is 14.6 Å². The fourth-order valence-corrected chi connectivity index (χ4v) is 3.68. The molecule has 7 nitrogen and oxygen atoms in total. The van der Waals surface area contributed by atoms with Gasteiger partial charge in [0.25, 0.3) is 0 Å². The highest BCUT2D eigenvalue weighted by Gasteiger charge is 2.41. The summed E-state index contributed by atoms with van der Waals surface area (Å²) in [7, 11) is 1.12. The quantitative estimate of drug-likeness (QED) is 0.465. The number of aromatic nitrogens is 1. The maximum Gasteiger partial charge on any atom is 0.411 e. The van der Waals surface area contributed by atoms with Crippen molar-refractivity contribution in [1.82, 2.24) is 4.98 Å². The van der Waals surface area contributed by atoms with E-state index in [0.29, 0.717) is 10.7 Å². The molecule has 1 aromatic carbocycles. The summed E-state index contributed by atoms with van der Waals surface area (Å²) < 4.78 is 75.6. The minimum absolute atomic E-state index is 0.0117. The van der Waals surface area contributed by atoms with Crippen LogP contribution in [0.3, 0.4) is 0 Å². The average Bonchev–Trinajstić information content (AvgIpc) is 3.18. The number of hydrogen-bond acceptors (Lipinski definition) is 7. The van der Waals surface area contributed by atoms with Gasteiger partial charge in [-0.2, -0.15) is 17.6 Å². The molecule has 0 aliphatic carbocycles. The molecule has 1 aromatic heterocycles. The maximum atomic E-state index is 14.2. The second-order valence-corrected chi connectivity index (χ2v) is 7.51. The first-order valence-corrected chi connectivity index (χ1v) is 10.1. The molecule has 1 fully saturated rings. The highest BCUT2D eigenvalue weighted by atomic mass is 32.2. The van der Waals surface area contributed by atoms with Crippen molar-refractivity contribution in [1.29, 1.82) is 0 Å². The van der Waals surface area contributed by atoms with E-state index in [-0.39, 0.29) is 18.7 Å². The minimum atomic E-state index is -4.56. The van der Waals surface area contributed by atoms with E-state index >= 15 is 0 Å². The summed E-state index contributed by atoms with van der Waals surface area (Å²) in [6, 6.07) is 4.01. The molecule has 1 aliphatic heterocycles. The number of pyridine rings is 1. The third-order valence-electron chi connectivity index (χ3n) is 4.71. The summed E-state index contributed by atoms with van der Waals surface area (Å²) in [5.41, 5.74) is 0.368. The number of benzene rings is 1. The lowest BCUT2D eigenvalue weighted by Crippen LogP contribution is -2.40. The fraction of sp³-hybridized carbons (Fsp3) is 0.368. The summed E-state index contributed by atoms with van der Waals surface area (Å²) in [6.45, 7) is -1.67. The van der Waals surface area contributed by atoms with Gasteiger partial charge < -0.3 is 19.7 Å². The van der Waals surface area contributed by atoms with Crippen molar-refractivity contribution in [2.24, 2.45) is 5.14 Å². The van der Waals surface area contributed by atoms with Gasteiger partial charge in [0.05, 0.1) is 18.9 Å². The normalized spacial score (nSPS) is 18.7. The topological polar surface area (TPSA) is 89.7 Å². The molecule has 3 rings (SSSR count). The lowest BCUT2D eigenvalue weighted by molar-refractivity contribution is -0.183. The summed E-state index contributed by atoms with van der Waals surface area (Å²) in [5.74, 6) is -3.50. The van der Waals surface area contributed by atoms with Crippen LogP contribution in [0, 0.1) is 11.6 Å². The van der Waals surface area contributed by atoms with Crippen LogP contribution in [0.25, 0.3) is 0 Å². The number of nitrogens with one attached hydrogen (secondary N) is 1. The van der Waals surface area contributed by atoms with Crippen LogP contribution in [-0.4, -0.2) is 49.5 Å². The summed E-state index contributed by atoms with van der Waals surface area (Å²) in [4.78, 5) is 18.3. The van der Waals surface area contributed by atoms with Gasteiger partial charge in [0.2, 0.25) is 11.7 Å². The number of anilines is 2. The van der Waals surface area contributed by atoms with Crippen molar-refractivity contribution in [2.45, 2.75) is 29.8 Å². The number of nitrogens with zero attached hydrogens (tertiary/aromatic N) is 2. The molecule has 1 aliphatic rings. The van der Waals surface area contributed by atoms with Crippen LogP contribution < -0.4 is 20.1 Å². The Labute approximate surface area is 184 Å². The first-order chi connectivity index (χ1) is 15.1. The first-order valence-electron chi connectivity index (χ1n) is 9.23. The Morgan fingerprint density at radius 1 is 1.34 bits per heavy atom. The first kappa shape index (κ1) is 24.0. The van der Waals surface area contributed by atoms with Gasteiger partial charge in [0.15, 0.2) is 11.6 Å². The van der Waals surface area contributed by atoms with Crippen LogP contribution in [0.15, 0.2) is 35.5 Å². The molecule has 0 spiro atoms. The number of amides is 1. The number of ether oxygens (including phenoxy) is 2. The van der Waals surface area contributed by atoms with Gasteiger partial charge in [-0.1, -0.05) is 0 Å². The SMILES string of the molecule is COc1c(N2CC(OCC(F)(F)F)CC2C(=O)Nc2ccnc(SN)c2)ccc(F)c1F. The summed E-state index contributed by atoms with van der Waals surface area (Å²) in [5, 5.41) is 8.53. The number of rotatable bonds is 7. The van der Waals surface area contributed by atoms with Crippen molar-refractivity contribution in [2.75, 3.05) is 30.5 Å². The van der Waals surface area contributed by atoms with Gasteiger partial charge in [0.1, 0.15) is 17.7 Å². The average molecular weight is 478 g/mol. The molecule has 3 N–H and O–H groups in total. The standard InChI is InChI=1S/C19H19F5N4O3S/c1-30-17-13(3-2-12(20)16(17)21)28-8-11(31-9-19(22,23)24)7-14(28)18(29)27-10-4-5-26-15(6-10)32-25/h2-6,11,14H,7-9,25H2,1H3,(H,26,27,29). The zero-order chi connectivity index (χ0) is 23.5. The van der Waals surface area contributed by atoms with Crippen LogP contribution in [0.5, 0.6) is 5.75 Å². The summed E-state index contributed by atoms with van der Waals surface area (Å²) >= 11 is 0.864. The predicted molar refractivity (Wildman–Crippen MR) is 107 cm³/mol. The van der Waals surface area contributed by atoms with E-state index in [0.717, 1.165) is 25.1 Å². The number of halogens is 5. The minimum Gasteiger partial charge on any atom is -0.491 e. The van der Waals surface area contributed by atoms with Crippen LogP contribution in [0.1, 0.15) is 6.42 Å². The van der Waals surface area contributed by atoms with Crippen LogP contribution in [0.2, 0.25) is 0 Å². The largest absolute Gasteiger partial charge is 0.491 e. The van der Waals surface area contributed by atoms with Crippen LogP contribution in [-0.2, 0) is 9.53 Å². The molecule has 0 bridgehead atoms. The second kappa shape index (κ2) is 9.88. The smallest absolute Gasteiger partial charge is 0.411 e. The van der Waals surface area contributed by atoms with E-state index in [1.54, 1.807) is 0 Å². The third-order valence-corrected chi connectivity index (χ3v) is 5.18. The monoisotopic (exact) mass is 478 g/mol. The van der Waals surface area contributed by atoms with Gasteiger partial charge in [-0.25, -0.2) is 9.37 Å². The van der Waals surface area contributed by atoms with E-state index in [2.05, 4.69) is 10.3 Å². The Morgan fingerprint density at radius 3 is 2.75 bits per heavy atom. The molecule has 0 saturated carbocycles. The predicted octanol–water partition coefficient (Wildman–Crippen LogP) is 3.50. The van der Waals surface area contributed by atoms with Crippen molar-refractivity contribution in [3.05, 3.63) is 42.1 Å². The lowest BCUT2D eigenvalue weighted by atomic mass is 10.1. The number of carbonyl (C=O) groups is 1. The highest BCUT2D eigenvalue weighted by molar-refractivity contribution is 7.97. The number of nitrogens with two attached hydrogens (primary N) is 1. The van der Waals surface area contributed by atoms with Crippen LogP contribution in [0.4, 0.5) is 33.3 Å². The van der Waals surface area contributed by atoms with E-state index in [9.17, 15) is 26.7 Å². The van der Waals surface area contributed by atoms with Crippen LogP contribution >= 0.6 is 11.9 Å². The van der Waals surface area contributed by atoms with Gasteiger partial charge >= 0.3 is 6.18 Å². The highest BCUT2D eigenvalue weighted by Crippen LogP contribution is 2.38. The Kier molecular flexibility index (Phi) is 7.41. The number of methoxy groups -OCH3 is 1. The number of carbonyl (C=O) groups excluding carboxylic acids is 1. The second-order valence-electron chi connectivity index (χ2n) is 6.86. The van der Waals surface area contributed by atoms with Crippen molar-refractivity contribution in [3.63, 3.8) is 0 Å². The Bertz CT molecular complexity index is 978. The molecule has 2 heterocycles. The van der Waals surface area contributed by atoms with Crippen molar-refractivity contribution < 1.29 is 36.2 Å². The zero-order valence-electron chi connectivity index (χ0n) is 16.7. The molecule has 1 amide bonds. The zero-order valence-corrected chi connectivity index (χ0v) is 17.5. The van der Waals surface area contributed by atoms with E-state index < -0.39 is 48.2 Å². The molecule has 2 atom stereocenters. The van der Waals surface area contributed by atoms with E-state index in [1.165, 1.54) is 29.3 Å². The third kappa shape index (κ3) is 5.58.